The van der Waals surface area contributed by atoms with Crippen molar-refractivity contribution < 1.29 is 23.4 Å². The number of methoxy groups -OCH3 is 1. The number of halogens is 2. The summed E-state index contributed by atoms with van der Waals surface area (Å²) in [5, 5.41) is 8.48. The molecule has 0 spiro atoms. The van der Waals surface area contributed by atoms with Gasteiger partial charge in [0.2, 0.25) is 0 Å². The summed E-state index contributed by atoms with van der Waals surface area (Å²) in [6, 6.07) is 0.698. The van der Waals surface area contributed by atoms with Gasteiger partial charge in [0.25, 0.3) is 0 Å². The zero-order valence-electron chi connectivity index (χ0n) is 8.54. The molecule has 0 amide bonds. The molecule has 0 aliphatic heterocycles. The molecule has 6 heteroatoms. The van der Waals surface area contributed by atoms with E-state index in [9.17, 15) is 13.6 Å². The SMILES string of the molecule is COc1cc(F)c([C@H](N)CC(=O)O)c(F)c1. The lowest BCUT2D eigenvalue weighted by Crippen LogP contribution is -2.18. The first-order valence-electron chi connectivity index (χ1n) is 4.46. The van der Waals surface area contributed by atoms with E-state index in [2.05, 4.69) is 4.74 Å². The van der Waals surface area contributed by atoms with Crippen molar-refractivity contribution in [2.45, 2.75) is 12.5 Å². The second-order valence-electron chi connectivity index (χ2n) is 3.21. The van der Waals surface area contributed by atoms with Gasteiger partial charge >= 0.3 is 5.97 Å². The normalized spacial score (nSPS) is 12.2. The third-order valence-corrected chi connectivity index (χ3v) is 2.05. The maximum Gasteiger partial charge on any atom is 0.305 e. The predicted molar refractivity (Wildman–Crippen MR) is 52.1 cm³/mol. The van der Waals surface area contributed by atoms with Crippen molar-refractivity contribution >= 4 is 5.97 Å². The number of ether oxygens (including phenoxy) is 1. The maximum absolute atomic E-state index is 13.4. The van der Waals surface area contributed by atoms with Gasteiger partial charge in [0.1, 0.15) is 17.4 Å². The summed E-state index contributed by atoms with van der Waals surface area (Å²) in [6.07, 6.45) is -0.541. The second kappa shape index (κ2) is 4.89. The van der Waals surface area contributed by atoms with Crippen molar-refractivity contribution in [3.63, 3.8) is 0 Å². The van der Waals surface area contributed by atoms with Crippen LogP contribution in [0.2, 0.25) is 0 Å². The number of hydrogen-bond acceptors (Lipinski definition) is 3. The van der Waals surface area contributed by atoms with Crippen molar-refractivity contribution in [2.24, 2.45) is 5.73 Å². The zero-order chi connectivity index (χ0) is 12.3. The van der Waals surface area contributed by atoms with Crippen LogP contribution < -0.4 is 10.5 Å². The van der Waals surface area contributed by atoms with Crippen molar-refractivity contribution in [2.75, 3.05) is 7.11 Å². The molecule has 3 N–H and O–H groups in total. The van der Waals surface area contributed by atoms with Crippen LogP contribution in [0.1, 0.15) is 18.0 Å². The molecule has 0 heterocycles. The van der Waals surface area contributed by atoms with E-state index in [0.717, 1.165) is 12.1 Å². The van der Waals surface area contributed by atoms with Crippen LogP contribution in [-0.4, -0.2) is 18.2 Å². The van der Waals surface area contributed by atoms with E-state index < -0.39 is 35.6 Å². The highest BCUT2D eigenvalue weighted by Crippen LogP contribution is 2.26. The third kappa shape index (κ3) is 2.66. The number of benzene rings is 1. The molecule has 16 heavy (non-hydrogen) atoms. The highest BCUT2D eigenvalue weighted by atomic mass is 19.1. The lowest BCUT2D eigenvalue weighted by Gasteiger charge is -2.12. The summed E-state index contributed by atoms with van der Waals surface area (Å²) < 4.78 is 31.5. The number of nitrogens with two attached hydrogens (primary N) is 1. The van der Waals surface area contributed by atoms with Gasteiger partial charge in [-0.05, 0) is 0 Å². The van der Waals surface area contributed by atoms with Crippen LogP contribution in [0.25, 0.3) is 0 Å². The lowest BCUT2D eigenvalue weighted by atomic mass is 10.0. The average Bonchev–Trinajstić information content (AvgIpc) is 2.15. The summed E-state index contributed by atoms with van der Waals surface area (Å²) in [4.78, 5) is 10.4. The number of carboxylic acid groups (broad SMARTS) is 1. The molecule has 1 rings (SSSR count). The van der Waals surface area contributed by atoms with Gasteiger partial charge in [-0.1, -0.05) is 0 Å². The minimum atomic E-state index is -1.22. The summed E-state index contributed by atoms with van der Waals surface area (Å²) in [5.74, 6) is -3.03. The minimum absolute atomic E-state index is 0.0151. The fourth-order valence-corrected chi connectivity index (χ4v) is 1.32. The van der Waals surface area contributed by atoms with Crippen molar-refractivity contribution in [3.05, 3.63) is 29.3 Å². The van der Waals surface area contributed by atoms with E-state index in [0.29, 0.717) is 0 Å². The summed E-state index contributed by atoms with van der Waals surface area (Å²) >= 11 is 0. The summed E-state index contributed by atoms with van der Waals surface area (Å²) in [7, 11) is 1.27. The molecule has 1 atom stereocenters. The molecule has 0 fully saturated rings. The van der Waals surface area contributed by atoms with Crippen molar-refractivity contribution in [3.8, 4) is 5.75 Å². The fraction of sp³-hybridized carbons (Fsp3) is 0.300. The molecular formula is C10H11F2NO3. The molecule has 0 saturated heterocycles. The smallest absolute Gasteiger partial charge is 0.305 e. The van der Waals surface area contributed by atoms with Gasteiger partial charge in [0, 0.05) is 23.7 Å². The van der Waals surface area contributed by atoms with Crippen molar-refractivity contribution in [1.29, 1.82) is 0 Å². The van der Waals surface area contributed by atoms with E-state index in [1.165, 1.54) is 7.11 Å². The van der Waals surface area contributed by atoms with Gasteiger partial charge in [-0.25, -0.2) is 8.78 Å². The number of hydrogen-bond donors (Lipinski definition) is 2. The Bertz CT molecular complexity index is 386. The van der Waals surface area contributed by atoms with Crippen LogP contribution in [0.4, 0.5) is 8.78 Å². The third-order valence-electron chi connectivity index (χ3n) is 2.05. The molecule has 0 unspecified atom stereocenters. The molecule has 0 aliphatic carbocycles. The van der Waals surface area contributed by atoms with E-state index in [1.54, 1.807) is 0 Å². The van der Waals surface area contributed by atoms with E-state index in [-0.39, 0.29) is 5.75 Å². The molecule has 4 nitrogen and oxygen atoms in total. The van der Waals surface area contributed by atoms with Gasteiger partial charge in [-0.15, -0.1) is 0 Å². The molecule has 1 aromatic rings. The van der Waals surface area contributed by atoms with Crippen LogP contribution >= 0.6 is 0 Å². The molecule has 1 aromatic carbocycles. The van der Waals surface area contributed by atoms with E-state index >= 15 is 0 Å². The Balaban J connectivity index is 3.08. The van der Waals surface area contributed by atoms with Gasteiger partial charge in [0.15, 0.2) is 0 Å². The topological polar surface area (TPSA) is 72.5 Å². The van der Waals surface area contributed by atoms with Gasteiger partial charge in [0.05, 0.1) is 13.5 Å². The largest absolute Gasteiger partial charge is 0.497 e. The molecule has 0 radical (unpaired) electrons. The average molecular weight is 231 g/mol. The number of carbonyl (C=O) groups is 1. The van der Waals surface area contributed by atoms with E-state index in [1.807, 2.05) is 0 Å². The summed E-state index contributed by atoms with van der Waals surface area (Å²) in [5.41, 5.74) is 4.95. The lowest BCUT2D eigenvalue weighted by molar-refractivity contribution is -0.137. The molecule has 0 saturated carbocycles. The maximum atomic E-state index is 13.4. The highest BCUT2D eigenvalue weighted by molar-refractivity contribution is 5.68. The van der Waals surface area contributed by atoms with Crippen LogP contribution in [0, 0.1) is 11.6 Å². The Hall–Kier alpha value is -1.69. The van der Waals surface area contributed by atoms with Crippen molar-refractivity contribution in [1.82, 2.24) is 0 Å². The first-order valence-corrected chi connectivity index (χ1v) is 4.46. The Morgan fingerprint density at radius 2 is 2.00 bits per heavy atom. The first kappa shape index (κ1) is 12.4. The quantitative estimate of drug-likeness (QED) is 0.822. The highest BCUT2D eigenvalue weighted by Gasteiger charge is 2.20. The molecular weight excluding hydrogens is 220 g/mol. The van der Waals surface area contributed by atoms with Crippen LogP contribution in [0.3, 0.4) is 0 Å². The first-order chi connectivity index (χ1) is 7.45. The number of aliphatic carboxylic acids is 1. The number of rotatable bonds is 4. The Kier molecular flexibility index (Phi) is 3.78. The van der Waals surface area contributed by atoms with Gasteiger partial charge in [-0.3, -0.25) is 4.79 Å². The van der Waals surface area contributed by atoms with Crippen LogP contribution in [-0.2, 0) is 4.79 Å². The fourth-order valence-electron chi connectivity index (χ4n) is 1.32. The molecule has 0 bridgehead atoms. The Morgan fingerprint density at radius 1 is 1.50 bits per heavy atom. The molecule has 0 aliphatic rings. The Labute approximate surface area is 90.6 Å². The van der Waals surface area contributed by atoms with Crippen LogP contribution in [0.15, 0.2) is 12.1 Å². The van der Waals surface area contributed by atoms with Gasteiger partial charge in [-0.2, -0.15) is 0 Å². The van der Waals surface area contributed by atoms with E-state index in [4.69, 9.17) is 10.8 Å². The molecule has 0 aromatic heterocycles. The predicted octanol–water partition coefficient (Wildman–Crippen LogP) is 1.45. The zero-order valence-corrected chi connectivity index (χ0v) is 8.54. The summed E-state index contributed by atoms with van der Waals surface area (Å²) in [6.45, 7) is 0. The minimum Gasteiger partial charge on any atom is -0.497 e. The second-order valence-corrected chi connectivity index (χ2v) is 3.21. The molecule has 88 valence electrons. The Morgan fingerprint density at radius 3 is 2.38 bits per heavy atom. The van der Waals surface area contributed by atoms with Crippen LogP contribution in [0.5, 0.6) is 5.75 Å². The monoisotopic (exact) mass is 231 g/mol. The standard InChI is InChI=1S/C10H11F2NO3/c1-16-5-2-6(11)10(7(12)3-5)8(13)4-9(14)15/h2-3,8H,4,13H2,1H3,(H,14,15)/t8-/m1/s1. The number of carboxylic acids is 1. The van der Waals surface area contributed by atoms with Gasteiger partial charge < -0.3 is 15.6 Å².